The van der Waals surface area contributed by atoms with Gasteiger partial charge in [-0.1, -0.05) is 12.1 Å². The molecule has 1 amide bonds. The van der Waals surface area contributed by atoms with E-state index >= 15 is 0 Å². The van der Waals surface area contributed by atoms with Gasteiger partial charge in [0.15, 0.2) is 9.84 Å². The van der Waals surface area contributed by atoms with E-state index in [1.54, 1.807) is 7.11 Å². The lowest BCUT2D eigenvalue weighted by Gasteiger charge is -2.10. The Kier molecular flexibility index (Phi) is 7.54. The third-order valence-corrected chi connectivity index (χ3v) is 5.24. The highest BCUT2D eigenvalue weighted by Crippen LogP contribution is 2.27. The molecule has 10 heteroatoms. The predicted molar refractivity (Wildman–Crippen MR) is 109 cm³/mol. The van der Waals surface area contributed by atoms with Crippen molar-refractivity contribution in [1.29, 1.82) is 0 Å². The second kappa shape index (κ2) is 9.87. The van der Waals surface area contributed by atoms with Crippen LogP contribution < -0.4 is 15.4 Å². The number of nitrogens with zero attached hydrogens (tertiary/aromatic N) is 1. The number of nitrogens with one attached hydrogen (secondary N) is 2. The zero-order chi connectivity index (χ0) is 21.4. The number of benzene rings is 2. The van der Waals surface area contributed by atoms with E-state index < -0.39 is 14.8 Å². The molecule has 2 aromatic carbocycles. The fourth-order valence-corrected chi connectivity index (χ4v) is 3.26. The minimum Gasteiger partial charge on any atom is -0.497 e. The zero-order valence-electron chi connectivity index (χ0n) is 16.2. The van der Waals surface area contributed by atoms with E-state index in [0.29, 0.717) is 12.8 Å². The first-order valence-corrected chi connectivity index (χ1v) is 10.7. The van der Waals surface area contributed by atoms with Gasteiger partial charge in [0.2, 0.25) is 5.91 Å². The molecule has 0 heterocycles. The third kappa shape index (κ3) is 6.75. The molecule has 2 N–H and O–H groups in total. The smallest absolute Gasteiger partial charge is 0.293 e. The molecule has 0 aliphatic carbocycles. The number of nitro benzene ring substituents is 1. The Morgan fingerprint density at radius 1 is 1.17 bits per heavy atom. The number of methoxy groups -OCH3 is 1. The van der Waals surface area contributed by atoms with Crippen LogP contribution in [-0.2, 0) is 21.1 Å². The second-order valence-corrected chi connectivity index (χ2v) is 8.35. The van der Waals surface area contributed by atoms with Gasteiger partial charge in [-0.25, -0.2) is 8.42 Å². The summed E-state index contributed by atoms with van der Waals surface area (Å²) in [5.41, 5.74) is 0.838. The number of amides is 1. The summed E-state index contributed by atoms with van der Waals surface area (Å²) >= 11 is 0. The van der Waals surface area contributed by atoms with Crippen LogP contribution in [0.15, 0.2) is 47.4 Å². The first kappa shape index (κ1) is 22.2. The summed E-state index contributed by atoms with van der Waals surface area (Å²) < 4.78 is 28.3. The quantitative estimate of drug-likeness (QED) is 0.342. The van der Waals surface area contributed by atoms with Crippen molar-refractivity contribution in [2.24, 2.45) is 0 Å². The lowest BCUT2D eigenvalue weighted by atomic mass is 10.1. The Balaban J connectivity index is 1.83. The fourth-order valence-electron chi connectivity index (χ4n) is 2.62. The van der Waals surface area contributed by atoms with E-state index in [1.807, 2.05) is 24.3 Å². The molecular formula is C19H23N3O6S. The highest BCUT2D eigenvalue weighted by atomic mass is 32.2. The van der Waals surface area contributed by atoms with Crippen LogP contribution in [0.5, 0.6) is 5.75 Å². The van der Waals surface area contributed by atoms with Crippen molar-refractivity contribution in [2.45, 2.75) is 17.7 Å². The lowest BCUT2D eigenvalue weighted by molar-refractivity contribution is -0.384. The average molecular weight is 421 g/mol. The summed E-state index contributed by atoms with van der Waals surface area (Å²) in [6.07, 6.45) is 1.85. The maximum atomic E-state index is 12.0. The van der Waals surface area contributed by atoms with E-state index in [4.69, 9.17) is 4.74 Å². The summed E-state index contributed by atoms with van der Waals surface area (Å²) in [6, 6.07) is 11.1. The molecule has 0 radical (unpaired) electrons. The Morgan fingerprint density at radius 3 is 2.59 bits per heavy atom. The molecule has 29 heavy (non-hydrogen) atoms. The van der Waals surface area contributed by atoms with Crippen molar-refractivity contribution in [3.8, 4) is 5.75 Å². The van der Waals surface area contributed by atoms with Gasteiger partial charge in [0.25, 0.3) is 5.69 Å². The van der Waals surface area contributed by atoms with E-state index in [-0.39, 0.29) is 35.3 Å². The van der Waals surface area contributed by atoms with E-state index in [0.717, 1.165) is 23.6 Å². The molecule has 0 unspecified atom stereocenters. The Labute approximate surface area is 169 Å². The summed E-state index contributed by atoms with van der Waals surface area (Å²) in [5, 5.41) is 16.8. The number of aryl methyl sites for hydroxylation is 1. The Morgan fingerprint density at radius 2 is 1.93 bits per heavy atom. The van der Waals surface area contributed by atoms with Gasteiger partial charge in [-0.3, -0.25) is 14.9 Å². The number of sulfone groups is 1. The van der Waals surface area contributed by atoms with Crippen LogP contribution in [0.4, 0.5) is 11.4 Å². The van der Waals surface area contributed by atoms with Crippen molar-refractivity contribution in [1.82, 2.24) is 5.32 Å². The van der Waals surface area contributed by atoms with Crippen molar-refractivity contribution >= 4 is 27.1 Å². The topological polar surface area (TPSA) is 128 Å². The molecular weight excluding hydrogens is 398 g/mol. The van der Waals surface area contributed by atoms with E-state index in [2.05, 4.69) is 10.6 Å². The standard InChI is InChI=1S/C19H23N3O6S/c1-28-15-5-3-4-14(12-15)6-9-19(23)21-11-10-20-17-8-7-16(29(2,26)27)13-18(17)22(24)25/h3-5,7-8,12-13,20H,6,9-11H2,1-2H3,(H,21,23). The van der Waals surface area contributed by atoms with Gasteiger partial charge < -0.3 is 15.4 Å². The van der Waals surface area contributed by atoms with Gasteiger partial charge in [-0.2, -0.15) is 0 Å². The summed E-state index contributed by atoms with van der Waals surface area (Å²) in [7, 11) is -1.96. The minimum absolute atomic E-state index is 0.124. The van der Waals surface area contributed by atoms with Gasteiger partial charge in [0, 0.05) is 31.8 Å². The number of ether oxygens (including phenoxy) is 1. The normalized spacial score (nSPS) is 11.0. The summed E-state index contributed by atoms with van der Waals surface area (Å²) in [4.78, 5) is 22.4. The van der Waals surface area contributed by atoms with Crippen molar-refractivity contribution in [2.75, 3.05) is 31.8 Å². The number of anilines is 1. The molecule has 0 bridgehead atoms. The highest BCUT2D eigenvalue weighted by molar-refractivity contribution is 7.90. The van der Waals surface area contributed by atoms with Gasteiger partial charge >= 0.3 is 0 Å². The molecule has 0 aliphatic rings. The van der Waals surface area contributed by atoms with Crippen molar-refractivity contribution in [3.05, 3.63) is 58.1 Å². The molecule has 9 nitrogen and oxygen atoms in total. The maximum absolute atomic E-state index is 12.0. The first-order chi connectivity index (χ1) is 13.7. The second-order valence-electron chi connectivity index (χ2n) is 6.34. The first-order valence-electron chi connectivity index (χ1n) is 8.82. The predicted octanol–water partition coefficient (Wildman–Crippen LogP) is 2.17. The summed E-state index contributed by atoms with van der Waals surface area (Å²) in [5.74, 6) is 0.590. The van der Waals surface area contributed by atoms with Crippen LogP contribution in [0.25, 0.3) is 0 Å². The average Bonchev–Trinajstić information content (AvgIpc) is 2.69. The molecule has 0 saturated carbocycles. The van der Waals surface area contributed by atoms with Crippen LogP contribution in [0.1, 0.15) is 12.0 Å². The number of hydrogen-bond donors (Lipinski definition) is 2. The monoisotopic (exact) mass is 421 g/mol. The number of carbonyl (C=O) groups is 1. The van der Waals surface area contributed by atoms with E-state index in [9.17, 15) is 23.3 Å². The molecule has 0 aliphatic heterocycles. The van der Waals surface area contributed by atoms with Gasteiger partial charge in [0.1, 0.15) is 11.4 Å². The van der Waals surface area contributed by atoms with Crippen LogP contribution in [0.3, 0.4) is 0 Å². The molecule has 2 rings (SSSR count). The van der Waals surface area contributed by atoms with E-state index in [1.165, 1.54) is 12.1 Å². The molecule has 0 spiro atoms. The molecule has 0 saturated heterocycles. The number of carbonyl (C=O) groups excluding carboxylic acids is 1. The van der Waals surface area contributed by atoms with Crippen LogP contribution >= 0.6 is 0 Å². The number of rotatable bonds is 10. The minimum atomic E-state index is -3.54. The molecule has 0 atom stereocenters. The number of hydrogen-bond acceptors (Lipinski definition) is 7. The van der Waals surface area contributed by atoms with Crippen molar-refractivity contribution < 1.29 is 22.9 Å². The SMILES string of the molecule is COc1cccc(CCC(=O)NCCNc2ccc(S(C)(=O)=O)cc2[N+](=O)[O-])c1. The molecule has 0 aromatic heterocycles. The largest absolute Gasteiger partial charge is 0.497 e. The van der Waals surface area contributed by atoms with Crippen LogP contribution in [0, 0.1) is 10.1 Å². The summed E-state index contributed by atoms with van der Waals surface area (Å²) in [6.45, 7) is 0.520. The fraction of sp³-hybridized carbons (Fsp3) is 0.316. The van der Waals surface area contributed by atoms with Gasteiger partial charge in [-0.15, -0.1) is 0 Å². The Hall–Kier alpha value is -3.14. The van der Waals surface area contributed by atoms with Crippen LogP contribution in [0.2, 0.25) is 0 Å². The lowest BCUT2D eigenvalue weighted by Crippen LogP contribution is -2.29. The molecule has 156 valence electrons. The van der Waals surface area contributed by atoms with Gasteiger partial charge in [-0.05, 0) is 36.2 Å². The third-order valence-electron chi connectivity index (χ3n) is 4.13. The number of nitro groups is 1. The van der Waals surface area contributed by atoms with Crippen LogP contribution in [-0.4, -0.2) is 45.7 Å². The Bertz CT molecular complexity index is 991. The highest BCUT2D eigenvalue weighted by Gasteiger charge is 2.18. The molecule has 0 fully saturated rings. The molecule has 2 aromatic rings. The van der Waals surface area contributed by atoms with Crippen molar-refractivity contribution in [3.63, 3.8) is 0 Å². The zero-order valence-corrected chi connectivity index (χ0v) is 17.0. The maximum Gasteiger partial charge on any atom is 0.293 e. The van der Waals surface area contributed by atoms with Gasteiger partial charge in [0.05, 0.1) is 16.9 Å².